The van der Waals surface area contributed by atoms with E-state index in [-0.39, 0.29) is 0 Å². The fourth-order valence-corrected chi connectivity index (χ4v) is 3.85. The van der Waals surface area contributed by atoms with Gasteiger partial charge in [-0.3, -0.25) is 0 Å². The number of nitrogens with one attached hydrogen (secondary N) is 1. The second-order valence-electron chi connectivity index (χ2n) is 6.22. The fraction of sp³-hybridized carbons (Fsp3) is 1.00. The Balaban J connectivity index is 1.60. The Morgan fingerprint density at radius 2 is 1.76 bits per heavy atom. The Morgan fingerprint density at radius 1 is 1.06 bits per heavy atom. The fourth-order valence-electron chi connectivity index (χ4n) is 3.85. The van der Waals surface area contributed by atoms with Gasteiger partial charge in [0.25, 0.3) is 0 Å². The molecule has 0 aromatic heterocycles. The molecule has 3 nitrogen and oxygen atoms in total. The lowest BCUT2D eigenvalue weighted by Crippen LogP contribution is -2.58. The largest absolute Gasteiger partial charge is 0.380 e. The summed E-state index contributed by atoms with van der Waals surface area (Å²) < 4.78 is 5.59. The molecule has 0 unspecified atom stereocenters. The van der Waals surface area contributed by atoms with E-state index in [0.29, 0.717) is 5.41 Å². The van der Waals surface area contributed by atoms with E-state index in [1.54, 1.807) is 0 Å². The van der Waals surface area contributed by atoms with Crippen LogP contribution in [-0.2, 0) is 4.74 Å². The lowest BCUT2D eigenvalue weighted by atomic mass is 9.67. The molecule has 0 radical (unpaired) electrons. The van der Waals surface area contributed by atoms with Crippen LogP contribution in [0.1, 0.15) is 32.1 Å². The standard InChI is InChI=1S/C14H26N2O/c1-2-4-13(5-3-1)14(11-17-12-14)10-16-8-6-15-7-9-16/h13,15H,1-12H2. The molecule has 3 rings (SSSR count). The molecule has 3 heteroatoms. The number of nitrogens with zero attached hydrogens (tertiary/aromatic N) is 1. The molecule has 0 aromatic carbocycles. The van der Waals surface area contributed by atoms with E-state index < -0.39 is 0 Å². The van der Waals surface area contributed by atoms with Crippen molar-refractivity contribution in [3.63, 3.8) is 0 Å². The highest BCUT2D eigenvalue weighted by Crippen LogP contribution is 2.44. The van der Waals surface area contributed by atoms with E-state index in [0.717, 1.165) is 19.1 Å². The van der Waals surface area contributed by atoms with Crippen LogP contribution in [0.5, 0.6) is 0 Å². The third-order valence-corrected chi connectivity index (χ3v) is 5.00. The van der Waals surface area contributed by atoms with Gasteiger partial charge in [-0.1, -0.05) is 19.3 Å². The number of rotatable bonds is 3. The zero-order valence-corrected chi connectivity index (χ0v) is 10.9. The monoisotopic (exact) mass is 238 g/mol. The SMILES string of the molecule is C1CCC(C2(CN3CCNCC3)COC2)CC1. The van der Waals surface area contributed by atoms with Gasteiger partial charge in [0.1, 0.15) is 0 Å². The normalized spacial score (nSPS) is 31.1. The molecule has 0 amide bonds. The topological polar surface area (TPSA) is 24.5 Å². The van der Waals surface area contributed by atoms with Crippen molar-refractivity contribution in [3.8, 4) is 0 Å². The number of hydrogen-bond acceptors (Lipinski definition) is 3. The predicted octanol–water partition coefficient (Wildman–Crippen LogP) is 1.49. The smallest absolute Gasteiger partial charge is 0.0559 e. The number of ether oxygens (including phenoxy) is 1. The van der Waals surface area contributed by atoms with Gasteiger partial charge in [-0.2, -0.15) is 0 Å². The maximum Gasteiger partial charge on any atom is 0.0559 e. The highest BCUT2D eigenvalue weighted by Gasteiger charge is 2.46. The quantitative estimate of drug-likeness (QED) is 0.806. The molecule has 2 heterocycles. The second kappa shape index (κ2) is 5.25. The minimum atomic E-state index is 0.526. The zero-order valence-electron chi connectivity index (χ0n) is 10.9. The molecule has 2 saturated heterocycles. The van der Waals surface area contributed by atoms with Crippen LogP contribution in [0, 0.1) is 11.3 Å². The Bertz CT molecular complexity index is 241. The minimum absolute atomic E-state index is 0.526. The lowest BCUT2D eigenvalue weighted by Gasteiger charge is -2.51. The van der Waals surface area contributed by atoms with Crippen molar-refractivity contribution in [1.82, 2.24) is 10.2 Å². The van der Waals surface area contributed by atoms with Gasteiger partial charge in [-0.25, -0.2) is 0 Å². The Kier molecular flexibility index (Phi) is 3.69. The first-order valence-corrected chi connectivity index (χ1v) is 7.40. The van der Waals surface area contributed by atoms with Crippen molar-refractivity contribution in [2.24, 2.45) is 11.3 Å². The highest BCUT2D eigenvalue weighted by atomic mass is 16.5. The van der Waals surface area contributed by atoms with Crippen LogP contribution in [0.2, 0.25) is 0 Å². The summed E-state index contributed by atoms with van der Waals surface area (Å²) in [7, 11) is 0. The number of piperazine rings is 1. The molecule has 0 spiro atoms. The minimum Gasteiger partial charge on any atom is -0.380 e. The third kappa shape index (κ3) is 2.51. The maximum atomic E-state index is 5.59. The van der Waals surface area contributed by atoms with E-state index in [4.69, 9.17) is 4.74 Å². The van der Waals surface area contributed by atoms with Crippen molar-refractivity contribution in [2.45, 2.75) is 32.1 Å². The summed E-state index contributed by atoms with van der Waals surface area (Å²) in [5.41, 5.74) is 0.526. The first-order chi connectivity index (χ1) is 8.39. The van der Waals surface area contributed by atoms with Gasteiger partial charge in [-0.05, 0) is 18.8 Å². The van der Waals surface area contributed by atoms with Crippen LogP contribution >= 0.6 is 0 Å². The molecule has 0 atom stereocenters. The Hall–Kier alpha value is -0.120. The van der Waals surface area contributed by atoms with Crippen molar-refractivity contribution in [1.29, 1.82) is 0 Å². The van der Waals surface area contributed by atoms with Gasteiger partial charge in [0.15, 0.2) is 0 Å². The van der Waals surface area contributed by atoms with Crippen LogP contribution in [0.4, 0.5) is 0 Å². The van der Waals surface area contributed by atoms with Crippen molar-refractivity contribution in [2.75, 3.05) is 45.9 Å². The lowest BCUT2D eigenvalue weighted by molar-refractivity contribution is -0.164. The number of hydrogen-bond donors (Lipinski definition) is 1. The molecule has 0 bridgehead atoms. The van der Waals surface area contributed by atoms with E-state index in [1.807, 2.05) is 0 Å². The van der Waals surface area contributed by atoms with E-state index in [2.05, 4.69) is 10.2 Å². The van der Waals surface area contributed by atoms with Gasteiger partial charge < -0.3 is 15.0 Å². The molecule has 1 aliphatic carbocycles. The van der Waals surface area contributed by atoms with Crippen LogP contribution < -0.4 is 5.32 Å². The summed E-state index contributed by atoms with van der Waals surface area (Å²) >= 11 is 0. The van der Waals surface area contributed by atoms with Crippen LogP contribution in [0.3, 0.4) is 0 Å². The van der Waals surface area contributed by atoms with Crippen molar-refractivity contribution < 1.29 is 4.74 Å². The predicted molar refractivity (Wildman–Crippen MR) is 69.1 cm³/mol. The van der Waals surface area contributed by atoms with E-state index in [1.165, 1.54) is 64.8 Å². The molecule has 98 valence electrons. The summed E-state index contributed by atoms with van der Waals surface area (Å²) in [6.07, 6.45) is 7.27. The summed E-state index contributed by atoms with van der Waals surface area (Å²) in [5.74, 6) is 0.944. The average Bonchev–Trinajstić information content (AvgIpc) is 2.36. The molecular formula is C14H26N2O. The van der Waals surface area contributed by atoms with Crippen LogP contribution in [0.25, 0.3) is 0 Å². The van der Waals surface area contributed by atoms with Crippen molar-refractivity contribution in [3.05, 3.63) is 0 Å². The van der Waals surface area contributed by atoms with Gasteiger partial charge in [0, 0.05) is 38.1 Å². The van der Waals surface area contributed by atoms with Crippen LogP contribution in [0.15, 0.2) is 0 Å². The summed E-state index contributed by atoms with van der Waals surface area (Å²) in [5, 5.41) is 3.44. The van der Waals surface area contributed by atoms with Gasteiger partial charge in [0.05, 0.1) is 13.2 Å². The summed E-state index contributed by atoms with van der Waals surface area (Å²) in [6.45, 7) is 8.15. The molecular weight excluding hydrogens is 212 g/mol. The summed E-state index contributed by atoms with van der Waals surface area (Å²) in [4.78, 5) is 2.66. The summed E-state index contributed by atoms with van der Waals surface area (Å²) in [6, 6.07) is 0. The molecule has 0 aromatic rings. The van der Waals surface area contributed by atoms with Gasteiger partial charge in [0.2, 0.25) is 0 Å². The third-order valence-electron chi connectivity index (χ3n) is 5.00. The maximum absolute atomic E-state index is 5.59. The first-order valence-electron chi connectivity index (χ1n) is 7.40. The first kappa shape index (κ1) is 11.9. The van der Waals surface area contributed by atoms with Crippen LogP contribution in [-0.4, -0.2) is 50.8 Å². The molecule has 17 heavy (non-hydrogen) atoms. The molecule has 1 saturated carbocycles. The van der Waals surface area contributed by atoms with Gasteiger partial charge in [-0.15, -0.1) is 0 Å². The average molecular weight is 238 g/mol. The Labute approximate surface area is 105 Å². The molecule has 1 N–H and O–H groups in total. The zero-order chi connectivity index (χ0) is 11.6. The molecule has 3 aliphatic rings. The van der Waals surface area contributed by atoms with E-state index >= 15 is 0 Å². The Morgan fingerprint density at radius 3 is 2.35 bits per heavy atom. The molecule has 3 fully saturated rings. The molecule has 2 aliphatic heterocycles. The highest BCUT2D eigenvalue weighted by molar-refractivity contribution is 4.95. The van der Waals surface area contributed by atoms with Crippen molar-refractivity contribution >= 4 is 0 Å². The van der Waals surface area contributed by atoms with E-state index in [9.17, 15) is 0 Å². The second-order valence-corrected chi connectivity index (χ2v) is 6.22. The van der Waals surface area contributed by atoms with Gasteiger partial charge >= 0.3 is 0 Å².